The lowest BCUT2D eigenvalue weighted by Gasteiger charge is -2.35. The molecule has 0 unspecified atom stereocenters. The first kappa shape index (κ1) is 14.4. The van der Waals surface area contributed by atoms with E-state index in [1.807, 2.05) is 6.92 Å². The maximum atomic E-state index is 5.46. The van der Waals surface area contributed by atoms with Gasteiger partial charge in [-0.05, 0) is 18.5 Å². The minimum atomic E-state index is 0.405. The van der Waals surface area contributed by atoms with Gasteiger partial charge < -0.3 is 14.5 Å². The van der Waals surface area contributed by atoms with E-state index in [1.165, 1.54) is 0 Å². The number of hydrogen-bond acceptors (Lipinski definition) is 8. The SMILES string of the molecule is Cc1nonc1N1CCN(c2cc([C@H]3CCOC3)ncn2)CC1. The average molecular weight is 316 g/mol. The lowest BCUT2D eigenvalue weighted by molar-refractivity contribution is 0.193. The summed E-state index contributed by atoms with van der Waals surface area (Å²) in [4.78, 5) is 13.4. The highest BCUT2D eigenvalue weighted by atomic mass is 16.6. The predicted molar refractivity (Wildman–Crippen MR) is 83.7 cm³/mol. The summed E-state index contributed by atoms with van der Waals surface area (Å²) in [6.45, 7) is 7.05. The molecule has 122 valence electrons. The molecule has 0 radical (unpaired) electrons. The smallest absolute Gasteiger partial charge is 0.196 e. The monoisotopic (exact) mass is 316 g/mol. The molecule has 2 aliphatic heterocycles. The van der Waals surface area contributed by atoms with E-state index >= 15 is 0 Å². The second-order valence-electron chi connectivity index (χ2n) is 6.01. The van der Waals surface area contributed by atoms with Gasteiger partial charge in [0.2, 0.25) is 0 Å². The molecule has 2 fully saturated rings. The third-order valence-electron chi connectivity index (χ3n) is 4.55. The van der Waals surface area contributed by atoms with Gasteiger partial charge in [-0.15, -0.1) is 0 Å². The van der Waals surface area contributed by atoms with Crippen molar-refractivity contribution in [3.05, 3.63) is 23.8 Å². The minimum absolute atomic E-state index is 0.405. The standard InChI is InChI=1S/C15H20N6O2/c1-11-15(19-23-18-11)21-5-3-20(4-6-21)14-8-13(16-10-17-14)12-2-7-22-9-12/h8,10,12H,2-7,9H2,1H3/t12-/m0/s1. The fraction of sp³-hybridized carbons (Fsp3) is 0.600. The molecule has 1 atom stereocenters. The van der Waals surface area contributed by atoms with E-state index in [0.29, 0.717) is 5.92 Å². The van der Waals surface area contributed by atoms with Crippen molar-refractivity contribution in [3.8, 4) is 0 Å². The average Bonchev–Trinajstić information content (AvgIpc) is 3.27. The van der Waals surface area contributed by atoms with E-state index in [2.05, 4.69) is 36.1 Å². The number of rotatable bonds is 3. The number of anilines is 2. The van der Waals surface area contributed by atoms with Gasteiger partial charge in [-0.3, -0.25) is 0 Å². The minimum Gasteiger partial charge on any atom is -0.381 e. The highest BCUT2D eigenvalue weighted by molar-refractivity contribution is 5.46. The summed E-state index contributed by atoms with van der Waals surface area (Å²) in [6.07, 6.45) is 2.71. The van der Waals surface area contributed by atoms with E-state index in [0.717, 1.165) is 68.8 Å². The van der Waals surface area contributed by atoms with Crippen LogP contribution in [0.1, 0.15) is 23.7 Å². The van der Waals surface area contributed by atoms with Crippen LogP contribution in [0.3, 0.4) is 0 Å². The zero-order chi connectivity index (χ0) is 15.6. The van der Waals surface area contributed by atoms with Gasteiger partial charge >= 0.3 is 0 Å². The van der Waals surface area contributed by atoms with Crippen LogP contribution in [-0.2, 0) is 4.74 Å². The maximum Gasteiger partial charge on any atom is 0.196 e. The van der Waals surface area contributed by atoms with Gasteiger partial charge in [-0.2, -0.15) is 0 Å². The topological polar surface area (TPSA) is 80.4 Å². The zero-order valence-corrected chi connectivity index (χ0v) is 13.2. The molecule has 0 aromatic carbocycles. The Hall–Kier alpha value is -2.22. The Balaban J connectivity index is 1.44. The quantitative estimate of drug-likeness (QED) is 0.829. The molecule has 0 spiro atoms. The van der Waals surface area contributed by atoms with E-state index in [1.54, 1.807) is 6.33 Å². The molecule has 4 heterocycles. The third kappa shape index (κ3) is 2.86. The van der Waals surface area contributed by atoms with Gasteiger partial charge in [0.05, 0.1) is 12.3 Å². The lowest BCUT2D eigenvalue weighted by Crippen LogP contribution is -2.47. The fourth-order valence-electron chi connectivity index (χ4n) is 3.19. The molecule has 2 saturated heterocycles. The van der Waals surface area contributed by atoms with Crippen LogP contribution < -0.4 is 9.80 Å². The zero-order valence-electron chi connectivity index (χ0n) is 13.2. The lowest BCUT2D eigenvalue weighted by atomic mass is 10.0. The Morgan fingerprint density at radius 3 is 2.61 bits per heavy atom. The van der Waals surface area contributed by atoms with E-state index in [4.69, 9.17) is 9.37 Å². The molecular formula is C15H20N6O2. The summed E-state index contributed by atoms with van der Waals surface area (Å²) >= 11 is 0. The number of nitrogens with zero attached hydrogens (tertiary/aromatic N) is 6. The first-order chi connectivity index (χ1) is 11.3. The van der Waals surface area contributed by atoms with Crippen molar-refractivity contribution in [1.29, 1.82) is 0 Å². The molecule has 0 saturated carbocycles. The third-order valence-corrected chi connectivity index (χ3v) is 4.55. The molecule has 2 aromatic heterocycles. The Morgan fingerprint density at radius 1 is 1.09 bits per heavy atom. The first-order valence-corrected chi connectivity index (χ1v) is 8.00. The first-order valence-electron chi connectivity index (χ1n) is 8.00. The molecule has 0 aliphatic carbocycles. The molecule has 0 N–H and O–H groups in total. The van der Waals surface area contributed by atoms with Crippen LogP contribution in [0.2, 0.25) is 0 Å². The molecule has 0 bridgehead atoms. The summed E-state index contributed by atoms with van der Waals surface area (Å²) in [5.74, 6) is 2.24. The van der Waals surface area contributed by atoms with Crippen molar-refractivity contribution in [2.45, 2.75) is 19.3 Å². The van der Waals surface area contributed by atoms with Crippen LogP contribution in [0.4, 0.5) is 11.6 Å². The van der Waals surface area contributed by atoms with Gasteiger partial charge in [-0.25, -0.2) is 14.6 Å². The van der Waals surface area contributed by atoms with Crippen molar-refractivity contribution >= 4 is 11.6 Å². The van der Waals surface area contributed by atoms with E-state index in [9.17, 15) is 0 Å². The summed E-state index contributed by atoms with van der Waals surface area (Å²) in [7, 11) is 0. The van der Waals surface area contributed by atoms with Crippen LogP contribution in [0, 0.1) is 6.92 Å². The van der Waals surface area contributed by atoms with Crippen molar-refractivity contribution in [3.63, 3.8) is 0 Å². The molecule has 2 aliphatic rings. The van der Waals surface area contributed by atoms with Gasteiger partial charge in [0.25, 0.3) is 0 Å². The normalized spacial score (nSPS) is 21.9. The number of piperazine rings is 1. The second-order valence-corrected chi connectivity index (χ2v) is 6.01. The van der Waals surface area contributed by atoms with Crippen molar-refractivity contribution in [1.82, 2.24) is 20.3 Å². The van der Waals surface area contributed by atoms with Crippen LogP contribution in [0.15, 0.2) is 17.0 Å². The number of hydrogen-bond donors (Lipinski definition) is 0. The Bertz CT molecular complexity index is 661. The Kier molecular flexibility index (Phi) is 3.82. The van der Waals surface area contributed by atoms with Crippen LogP contribution >= 0.6 is 0 Å². The van der Waals surface area contributed by atoms with Crippen LogP contribution in [-0.4, -0.2) is 59.7 Å². The molecule has 4 rings (SSSR count). The molecule has 0 amide bonds. The molecular weight excluding hydrogens is 296 g/mol. The van der Waals surface area contributed by atoms with Gasteiger partial charge in [0.15, 0.2) is 5.82 Å². The summed E-state index contributed by atoms with van der Waals surface area (Å²) < 4.78 is 10.3. The summed E-state index contributed by atoms with van der Waals surface area (Å²) in [5, 5.41) is 7.84. The summed E-state index contributed by atoms with van der Waals surface area (Å²) in [5.41, 5.74) is 1.93. The Morgan fingerprint density at radius 2 is 1.91 bits per heavy atom. The second kappa shape index (κ2) is 6.11. The molecule has 2 aromatic rings. The predicted octanol–water partition coefficient (Wildman–Crippen LogP) is 0.999. The largest absolute Gasteiger partial charge is 0.381 e. The van der Waals surface area contributed by atoms with Crippen LogP contribution in [0.25, 0.3) is 0 Å². The van der Waals surface area contributed by atoms with Crippen molar-refractivity contribution in [2.75, 3.05) is 49.2 Å². The maximum absolute atomic E-state index is 5.46. The van der Waals surface area contributed by atoms with Crippen molar-refractivity contribution < 1.29 is 9.37 Å². The summed E-state index contributed by atoms with van der Waals surface area (Å²) in [6, 6.07) is 2.11. The van der Waals surface area contributed by atoms with E-state index in [-0.39, 0.29) is 0 Å². The highest BCUT2D eigenvalue weighted by Crippen LogP contribution is 2.26. The van der Waals surface area contributed by atoms with Gasteiger partial charge in [0, 0.05) is 44.8 Å². The van der Waals surface area contributed by atoms with Gasteiger partial charge in [0.1, 0.15) is 17.8 Å². The van der Waals surface area contributed by atoms with Gasteiger partial charge in [-0.1, -0.05) is 5.16 Å². The highest BCUT2D eigenvalue weighted by Gasteiger charge is 2.24. The number of aryl methyl sites for hydroxylation is 1. The molecule has 8 heteroatoms. The Labute approximate surface area is 134 Å². The number of aromatic nitrogens is 4. The van der Waals surface area contributed by atoms with E-state index < -0.39 is 0 Å². The number of ether oxygens (including phenoxy) is 1. The van der Waals surface area contributed by atoms with Crippen LogP contribution in [0.5, 0.6) is 0 Å². The molecule has 8 nitrogen and oxygen atoms in total. The molecule has 23 heavy (non-hydrogen) atoms. The fourth-order valence-corrected chi connectivity index (χ4v) is 3.19. The van der Waals surface area contributed by atoms with Crippen molar-refractivity contribution in [2.24, 2.45) is 0 Å².